The Labute approximate surface area is 869 Å². The number of aromatic hydroxyl groups is 1. The van der Waals surface area contributed by atoms with Crippen molar-refractivity contribution in [2.24, 2.45) is 23.3 Å². The standard InChI is InChI=1S/C107H166N20O21/c1-63(2)51-84(120-74(14)129)102(145)123-99(73(13)128)105(148)122-85(54-75-31-25-24-26-32-75)103(146)124-106(15)45-29-22-20-18-17-19-21-23-30-46-107(16,96(140)61-116-68(8)90(134)44-49-112-66(6)88(132)42-47-110-65(5)87(131)41-48-111-67(7)89(133)43-50-113-70(10)93(137)58-115-72(12)100(109)143)125-104(147)86(52-64(3)4)127-126-81(39-40-98(108)142)92(136)56-91(135)69(9)114-60-95(139)82(55-77-57-118-80-34-28-27-33-79(77)80)121-101(144)83(53-76-35-37-78(130)38-36-76)119-59-94(138)71(11)117-62-97(106)141/h19,21,24-28,31-38,57,63-73,81-86,99,110-119,126-128,130H,17-18,20,22-23,29-30,39-56,58-62H2,1-16H3,(H2,108,142)(H2,109,143)(H,120,129)(H,121,144)(H,122,148)(H,123,145)(H,124,146)(H,125,147)/b21-19+/t65-,66-,67-,68-,69-,70-,71-,72+,73+,81-,82-,83-,84-,85-,86-,99-,106+,107-/m0/s1. The van der Waals surface area contributed by atoms with Gasteiger partial charge in [-0.05, 0) is 187 Å². The Hall–Kier alpha value is -11.6. The average molecular weight is 2070 g/mol. The van der Waals surface area contributed by atoms with Gasteiger partial charge in [-0.15, -0.1) is 0 Å². The van der Waals surface area contributed by atoms with Gasteiger partial charge in [-0.2, -0.15) is 0 Å². The van der Waals surface area contributed by atoms with Gasteiger partial charge in [0.05, 0.1) is 123 Å². The number of aliphatic hydroxyl groups excluding tert-OH is 1. The number of nitrogens with two attached hydrogens (primary N) is 2. The van der Waals surface area contributed by atoms with Crippen LogP contribution in [0.25, 0.3) is 10.9 Å². The maximum Gasteiger partial charge on any atom is 0.245 e. The van der Waals surface area contributed by atoms with Crippen LogP contribution in [0.1, 0.15) is 243 Å². The monoisotopic (exact) mass is 2070 g/mol. The quantitative estimate of drug-likeness (QED) is 0.0221. The van der Waals surface area contributed by atoms with Gasteiger partial charge < -0.3 is 95.8 Å². The van der Waals surface area contributed by atoms with E-state index in [1.54, 1.807) is 103 Å². The predicted molar refractivity (Wildman–Crippen MR) is 563 cm³/mol. The van der Waals surface area contributed by atoms with Gasteiger partial charge in [-0.1, -0.05) is 120 Å². The molecule has 2 heterocycles. The Bertz CT molecular complexity index is 5090. The fraction of sp³-hybridized carbons (Fsp3) is 0.617. The topological polar surface area (TPSA) is 637 Å². The van der Waals surface area contributed by atoms with Crippen LogP contribution >= 0.6 is 0 Å². The van der Waals surface area contributed by atoms with E-state index < -0.39 is 222 Å². The number of Topliss-reactive ketones (excluding diaryl/α,β-unsaturated/α-hetero) is 11. The second-order valence-corrected chi connectivity index (χ2v) is 40.5. The number of H-pyrrole nitrogens is 1. The molecular formula is C107H166N20O21. The number of phenolic OH excluding ortho intramolecular Hbond substituents is 1. The number of fused-ring (bicyclic) bond motifs is 1. The molecule has 3 aromatic carbocycles. The summed E-state index contributed by atoms with van der Waals surface area (Å²) >= 11 is 0. The average Bonchev–Trinajstić information content (AvgIpc) is 1.38. The third kappa shape index (κ3) is 46.2. The zero-order chi connectivity index (χ0) is 110. The van der Waals surface area contributed by atoms with Crippen molar-refractivity contribution in [3.05, 3.63) is 114 Å². The van der Waals surface area contributed by atoms with Crippen LogP contribution in [0.15, 0.2) is 97.2 Å². The largest absolute Gasteiger partial charge is 0.508 e. The lowest BCUT2D eigenvalue weighted by atomic mass is 9.88. The van der Waals surface area contributed by atoms with Crippen LogP contribution in [0.5, 0.6) is 5.75 Å². The third-order valence-corrected chi connectivity index (χ3v) is 26.7. The van der Waals surface area contributed by atoms with E-state index in [4.69, 9.17) is 11.5 Å². The number of primary amides is 2. The van der Waals surface area contributed by atoms with Gasteiger partial charge in [-0.3, -0.25) is 102 Å². The van der Waals surface area contributed by atoms with Crippen molar-refractivity contribution in [3.63, 3.8) is 0 Å². The van der Waals surface area contributed by atoms with Crippen LogP contribution in [0.2, 0.25) is 0 Å². The molecule has 8 amide bonds. The van der Waals surface area contributed by atoms with Crippen LogP contribution in [-0.2, 0) is 110 Å². The molecule has 0 unspecified atom stereocenters. The van der Waals surface area contributed by atoms with Crippen molar-refractivity contribution in [2.45, 2.75) is 353 Å². The molecule has 820 valence electrons. The predicted octanol–water partition coefficient (Wildman–Crippen LogP) is 1.74. The number of allylic oxidation sites excluding steroid dienone is 2. The number of benzene rings is 3. The summed E-state index contributed by atoms with van der Waals surface area (Å²) in [6, 6.07) is 6.47. The van der Waals surface area contributed by atoms with Crippen LogP contribution in [-0.4, -0.2) is 293 Å². The normalized spacial score (nSPS) is 22.0. The number of hydrogen-bond acceptors (Lipinski definition) is 32. The van der Waals surface area contributed by atoms with E-state index >= 15 is 14.4 Å². The Morgan fingerprint density at radius 2 is 1.01 bits per heavy atom. The molecule has 1 aliphatic heterocycles. The third-order valence-electron chi connectivity index (χ3n) is 26.7. The molecule has 18 atom stereocenters. The van der Waals surface area contributed by atoms with E-state index in [1.807, 2.05) is 58.0 Å². The number of amides is 8. The van der Waals surface area contributed by atoms with Gasteiger partial charge in [0.25, 0.3) is 0 Å². The molecule has 0 radical (unpaired) electrons. The van der Waals surface area contributed by atoms with Gasteiger partial charge in [0.1, 0.15) is 29.9 Å². The fourth-order valence-corrected chi connectivity index (χ4v) is 16.7. The highest BCUT2D eigenvalue weighted by molar-refractivity contribution is 6.05. The molecule has 5 rings (SSSR count). The van der Waals surface area contributed by atoms with Crippen LogP contribution in [0.4, 0.5) is 0 Å². The highest BCUT2D eigenvalue weighted by Crippen LogP contribution is 2.25. The van der Waals surface area contributed by atoms with Crippen LogP contribution in [0.3, 0.4) is 0 Å². The first-order valence-electron chi connectivity index (χ1n) is 51.9. The smallest absolute Gasteiger partial charge is 0.245 e. The number of ketones is 11. The van der Waals surface area contributed by atoms with E-state index in [2.05, 4.69) is 95.6 Å². The number of carbonyl (C=O) groups excluding carboxylic acids is 19. The number of rotatable bonds is 50. The maximum absolute atomic E-state index is 15.2. The van der Waals surface area contributed by atoms with E-state index in [0.717, 1.165) is 10.9 Å². The first kappa shape index (κ1) is 127. The summed E-state index contributed by atoms with van der Waals surface area (Å²) in [7, 11) is 0. The van der Waals surface area contributed by atoms with Gasteiger partial charge in [0, 0.05) is 95.1 Å². The number of hydrazine groups is 1. The van der Waals surface area contributed by atoms with Gasteiger partial charge in [0.15, 0.2) is 63.6 Å². The Kier molecular flexibility index (Phi) is 56.0. The highest BCUT2D eigenvalue weighted by atomic mass is 16.3. The highest BCUT2D eigenvalue weighted by Gasteiger charge is 2.42. The van der Waals surface area contributed by atoms with E-state index in [1.165, 1.54) is 46.8 Å². The first-order valence-corrected chi connectivity index (χ1v) is 51.9. The lowest BCUT2D eigenvalue weighted by Gasteiger charge is -2.33. The van der Waals surface area contributed by atoms with E-state index in [0.29, 0.717) is 61.6 Å². The van der Waals surface area contributed by atoms with Crippen molar-refractivity contribution in [1.82, 2.24) is 95.6 Å². The molecule has 1 aromatic heterocycles. The van der Waals surface area contributed by atoms with Crippen molar-refractivity contribution in [2.75, 3.05) is 58.9 Å². The molecule has 0 fully saturated rings. The second-order valence-electron chi connectivity index (χ2n) is 40.5. The molecule has 1 aliphatic rings. The molecular weight excluding hydrogens is 1900 g/mol. The second kappa shape index (κ2) is 65.4. The Balaban J connectivity index is 1.40. The lowest BCUT2D eigenvalue weighted by molar-refractivity contribution is -0.137. The minimum Gasteiger partial charge on any atom is -0.508 e. The summed E-state index contributed by atoms with van der Waals surface area (Å²) in [6.45, 7) is 24.5. The van der Waals surface area contributed by atoms with E-state index in [9.17, 15) is 86.9 Å². The minimum absolute atomic E-state index is 0.0465. The molecule has 24 N–H and O–H groups in total. The molecule has 0 saturated heterocycles. The van der Waals surface area contributed by atoms with Crippen LogP contribution < -0.4 is 102 Å². The zero-order valence-electron chi connectivity index (χ0n) is 89.1. The first-order chi connectivity index (χ1) is 69.9. The number of hydrogen-bond donors (Lipinski definition) is 22. The van der Waals surface area contributed by atoms with Gasteiger partial charge >= 0.3 is 0 Å². The maximum atomic E-state index is 15.2. The van der Waals surface area contributed by atoms with Gasteiger partial charge in [0.2, 0.25) is 47.3 Å². The number of carbonyl (C=O) groups is 19. The molecule has 4 aromatic rings. The number of aromatic nitrogens is 1. The molecule has 0 spiro atoms. The Morgan fingerprint density at radius 3 is 1.58 bits per heavy atom. The summed E-state index contributed by atoms with van der Waals surface area (Å²) in [5, 5.41) is 65.9. The SMILES string of the molecule is CC(=O)N[C@@H](CC(C)C)C(=O)N[C@H](C(=O)N[C@@H](Cc1ccccc1)C(=O)N[C@]1(C)CCCCCC/C=C/CCC[C@@](C)(C(=O)CN[C@@H](C)C(=O)CCN[C@@H](C)C(=O)CCN[C@@H](C)C(=O)CCN[C@@H](C)C(=O)CCN[C@@H](C)C(=O)CN[C@H](C)C(N)=O)NC(=O)[C@H](CC(C)C)NN[C@@H](CCC(N)=O)C(=O)CC(=O)[C@H](C)NCC(=O)[C@H](Cc2c[nH]c3ccccc23)NC(=O)[C@H](Cc2ccc(O)cc2)NCC(=O)[C@H](C)NCC1=O)[C@@H](C)O. The summed E-state index contributed by atoms with van der Waals surface area (Å²) in [4.78, 5) is 266. The summed E-state index contributed by atoms with van der Waals surface area (Å²) in [5.41, 5.74) is 15.9. The lowest BCUT2D eigenvalue weighted by Crippen LogP contribution is -2.63. The summed E-state index contributed by atoms with van der Waals surface area (Å²) in [6.07, 6.45) is 6.77. The van der Waals surface area contributed by atoms with Crippen molar-refractivity contribution in [1.29, 1.82) is 0 Å². The number of para-hydroxylation sites is 1. The van der Waals surface area contributed by atoms with Crippen LogP contribution in [0, 0.1) is 11.8 Å². The number of phenols is 1. The molecule has 0 aliphatic carbocycles. The van der Waals surface area contributed by atoms with Gasteiger partial charge in [-0.25, -0.2) is 10.9 Å². The van der Waals surface area contributed by atoms with Crippen molar-refractivity contribution in [3.8, 4) is 5.75 Å². The molecule has 41 heteroatoms. The van der Waals surface area contributed by atoms with E-state index in [-0.39, 0.29) is 163 Å². The molecule has 0 saturated carbocycles. The Morgan fingerprint density at radius 1 is 0.480 bits per heavy atom. The number of aromatic amines is 1. The summed E-state index contributed by atoms with van der Waals surface area (Å²) in [5.74, 6) is -10.6. The number of aliphatic hydroxyl groups is 1. The minimum atomic E-state index is -1.71. The molecule has 148 heavy (non-hydrogen) atoms. The van der Waals surface area contributed by atoms with Crippen molar-refractivity contribution < 1.29 is 101 Å². The summed E-state index contributed by atoms with van der Waals surface area (Å²) < 4.78 is 0. The zero-order valence-corrected chi connectivity index (χ0v) is 89.1. The number of nitrogens with one attached hydrogen (secondary N) is 18. The molecule has 0 bridgehead atoms. The fourth-order valence-electron chi connectivity index (χ4n) is 16.7. The molecule has 41 nitrogen and oxygen atoms in total. The van der Waals surface area contributed by atoms with Crippen molar-refractivity contribution >= 4 is 122 Å².